The number of likely N-dealkylation sites (N-methyl/N-ethyl adjacent to an activating group) is 1. The van der Waals surface area contributed by atoms with Crippen LogP contribution in [0.5, 0.6) is 0 Å². The van der Waals surface area contributed by atoms with Gasteiger partial charge in [-0.2, -0.15) is 10.1 Å². The second kappa shape index (κ2) is 6.68. The van der Waals surface area contributed by atoms with Gasteiger partial charge in [0.1, 0.15) is 5.02 Å². The van der Waals surface area contributed by atoms with Gasteiger partial charge in [-0.25, -0.2) is 4.68 Å². The Balaban J connectivity index is 2.07. The van der Waals surface area contributed by atoms with Crippen molar-refractivity contribution in [3.63, 3.8) is 0 Å². The molecule has 0 amide bonds. The minimum absolute atomic E-state index is 0.101. The third-order valence-corrected chi connectivity index (χ3v) is 3.12. The molecule has 0 spiro atoms. The van der Waals surface area contributed by atoms with Crippen molar-refractivity contribution in [2.75, 3.05) is 26.0 Å². The highest BCUT2D eigenvalue weighted by Crippen LogP contribution is 2.15. The molecule has 8 nitrogen and oxygen atoms in total. The van der Waals surface area contributed by atoms with Crippen LogP contribution in [0.1, 0.15) is 11.7 Å². The van der Waals surface area contributed by atoms with E-state index in [2.05, 4.69) is 20.6 Å². The maximum Gasteiger partial charge on any atom is 0.287 e. The molecule has 0 fully saturated rings. The Morgan fingerprint density at radius 3 is 2.86 bits per heavy atom. The number of nitrogens with one attached hydrogen (secondary N) is 1. The number of hydrogen-bond donors (Lipinski definition) is 1. The monoisotopic (exact) mass is 312 g/mol. The predicted octanol–water partition coefficient (Wildman–Crippen LogP) is 0.762. The van der Waals surface area contributed by atoms with Crippen LogP contribution >= 0.6 is 11.6 Å². The maximum absolute atomic E-state index is 12.1. The summed E-state index contributed by atoms with van der Waals surface area (Å²) in [4.78, 5) is 18.1. The molecule has 0 bridgehead atoms. The molecule has 0 radical (unpaired) electrons. The SMILES string of the molecule is Cc1nc(CNc2cnn(CCN(C)C)c(=O)c2Cl)no1. The second-order valence-electron chi connectivity index (χ2n) is 4.79. The molecule has 2 heterocycles. The van der Waals surface area contributed by atoms with E-state index in [0.717, 1.165) is 0 Å². The molecular formula is C12H17ClN6O2. The molecule has 0 saturated heterocycles. The molecule has 0 unspecified atom stereocenters. The zero-order valence-corrected chi connectivity index (χ0v) is 12.9. The third-order valence-electron chi connectivity index (χ3n) is 2.75. The highest BCUT2D eigenvalue weighted by atomic mass is 35.5. The van der Waals surface area contributed by atoms with Gasteiger partial charge in [0.05, 0.1) is 25.0 Å². The molecule has 0 aliphatic heterocycles. The number of rotatable bonds is 6. The summed E-state index contributed by atoms with van der Waals surface area (Å²) in [5, 5.41) is 10.9. The summed E-state index contributed by atoms with van der Waals surface area (Å²) in [5.41, 5.74) is 0.123. The molecule has 2 rings (SSSR count). The first kappa shape index (κ1) is 15.5. The van der Waals surface area contributed by atoms with Gasteiger partial charge >= 0.3 is 0 Å². The molecule has 0 aromatic carbocycles. The molecule has 2 aromatic heterocycles. The summed E-state index contributed by atoms with van der Waals surface area (Å²) in [6.07, 6.45) is 1.52. The minimum Gasteiger partial charge on any atom is -0.375 e. The first-order valence-corrected chi connectivity index (χ1v) is 6.78. The van der Waals surface area contributed by atoms with Crippen LogP contribution in [-0.2, 0) is 13.1 Å². The summed E-state index contributed by atoms with van der Waals surface area (Å²) in [6.45, 7) is 3.20. The molecule has 1 N–H and O–H groups in total. The highest BCUT2D eigenvalue weighted by Gasteiger charge is 2.10. The van der Waals surface area contributed by atoms with E-state index in [-0.39, 0.29) is 10.6 Å². The Labute approximate surface area is 126 Å². The first-order valence-electron chi connectivity index (χ1n) is 6.41. The Hall–Kier alpha value is -1.93. The number of aromatic nitrogens is 4. The average molecular weight is 313 g/mol. The van der Waals surface area contributed by atoms with Crippen molar-refractivity contribution >= 4 is 17.3 Å². The summed E-state index contributed by atoms with van der Waals surface area (Å²) < 4.78 is 6.20. The van der Waals surface area contributed by atoms with E-state index in [0.29, 0.717) is 37.0 Å². The van der Waals surface area contributed by atoms with Crippen molar-refractivity contribution in [1.82, 2.24) is 24.8 Å². The Bertz CT molecular complexity index is 666. The topological polar surface area (TPSA) is 89.1 Å². The number of hydrogen-bond acceptors (Lipinski definition) is 7. The fourth-order valence-corrected chi connectivity index (χ4v) is 1.84. The molecule has 114 valence electrons. The van der Waals surface area contributed by atoms with E-state index in [1.807, 2.05) is 19.0 Å². The highest BCUT2D eigenvalue weighted by molar-refractivity contribution is 6.32. The van der Waals surface area contributed by atoms with Crippen molar-refractivity contribution in [1.29, 1.82) is 0 Å². The zero-order valence-electron chi connectivity index (χ0n) is 12.1. The van der Waals surface area contributed by atoms with Gasteiger partial charge in [0.25, 0.3) is 5.56 Å². The van der Waals surface area contributed by atoms with E-state index in [1.54, 1.807) is 6.92 Å². The molecule has 0 atom stereocenters. The van der Waals surface area contributed by atoms with Crippen LogP contribution < -0.4 is 10.9 Å². The van der Waals surface area contributed by atoms with Crippen LogP contribution in [0.15, 0.2) is 15.5 Å². The number of aryl methyl sites for hydroxylation is 1. The van der Waals surface area contributed by atoms with Crippen molar-refractivity contribution < 1.29 is 4.52 Å². The van der Waals surface area contributed by atoms with Gasteiger partial charge < -0.3 is 14.7 Å². The van der Waals surface area contributed by atoms with Crippen LogP contribution in [0, 0.1) is 6.92 Å². The largest absolute Gasteiger partial charge is 0.375 e. The van der Waals surface area contributed by atoms with Gasteiger partial charge in [0, 0.05) is 13.5 Å². The Kier molecular flexibility index (Phi) is 4.92. The van der Waals surface area contributed by atoms with E-state index < -0.39 is 0 Å². The van der Waals surface area contributed by atoms with Crippen LogP contribution in [0.2, 0.25) is 5.02 Å². The Morgan fingerprint density at radius 2 is 2.24 bits per heavy atom. The number of nitrogens with zero attached hydrogens (tertiary/aromatic N) is 5. The summed E-state index contributed by atoms with van der Waals surface area (Å²) in [5.74, 6) is 0.968. The Morgan fingerprint density at radius 1 is 1.48 bits per heavy atom. The van der Waals surface area contributed by atoms with Crippen molar-refractivity contribution in [3.05, 3.63) is 33.3 Å². The fraction of sp³-hybridized carbons (Fsp3) is 0.500. The lowest BCUT2D eigenvalue weighted by Gasteiger charge is -2.12. The summed E-state index contributed by atoms with van der Waals surface area (Å²) in [7, 11) is 3.85. The van der Waals surface area contributed by atoms with Gasteiger partial charge in [0.15, 0.2) is 5.82 Å². The fourth-order valence-electron chi connectivity index (χ4n) is 1.63. The summed E-state index contributed by atoms with van der Waals surface area (Å²) >= 11 is 6.07. The quantitative estimate of drug-likeness (QED) is 0.842. The molecule has 0 aliphatic carbocycles. The molecule has 0 saturated carbocycles. The molecule has 2 aromatic rings. The average Bonchev–Trinajstić information content (AvgIpc) is 2.85. The van der Waals surface area contributed by atoms with E-state index in [1.165, 1.54) is 10.9 Å². The maximum atomic E-state index is 12.1. The molecule has 0 aliphatic rings. The van der Waals surface area contributed by atoms with Gasteiger partial charge in [-0.05, 0) is 14.1 Å². The molecule has 9 heteroatoms. The van der Waals surface area contributed by atoms with Crippen molar-refractivity contribution in [2.45, 2.75) is 20.0 Å². The normalized spacial score (nSPS) is 11.1. The lowest BCUT2D eigenvalue weighted by atomic mass is 10.4. The van der Waals surface area contributed by atoms with Gasteiger partial charge in [-0.3, -0.25) is 4.79 Å². The minimum atomic E-state index is -0.326. The zero-order chi connectivity index (χ0) is 15.4. The van der Waals surface area contributed by atoms with Gasteiger partial charge in [0.2, 0.25) is 5.89 Å². The van der Waals surface area contributed by atoms with E-state index in [9.17, 15) is 4.79 Å². The number of anilines is 1. The third kappa shape index (κ3) is 4.02. The molecular weight excluding hydrogens is 296 g/mol. The lowest BCUT2D eigenvalue weighted by molar-refractivity contribution is 0.367. The summed E-state index contributed by atoms with van der Waals surface area (Å²) in [6, 6.07) is 0. The molecule has 21 heavy (non-hydrogen) atoms. The van der Waals surface area contributed by atoms with Gasteiger partial charge in [-0.1, -0.05) is 16.8 Å². The second-order valence-corrected chi connectivity index (χ2v) is 5.16. The van der Waals surface area contributed by atoms with Crippen molar-refractivity contribution in [3.8, 4) is 0 Å². The standard InChI is InChI=1S/C12H17ClN6O2/c1-8-16-10(17-21-8)7-14-9-6-15-19(5-4-18(2)3)12(20)11(9)13/h6,14H,4-5,7H2,1-3H3. The van der Waals surface area contributed by atoms with Crippen LogP contribution in [-0.4, -0.2) is 45.5 Å². The lowest BCUT2D eigenvalue weighted by Crippen LogP contribution is -2.29. The smallest absolute Gasteiger partial charge is 0.287 e. The van der Waals surface area contributed by atoms with Gasteiger partial charge in [-0.15, -0.1) is 0 Å². The van der Waals surface area contributed by atoms with Crippen molar-refractivity contribution in [2.24, 2.45) is 0 Å². The van der Waals surface area contributed by atoms with Crippen LogP contribution in [0.25, 0.3) is 0 Å². The first-order chi connectivity index (χ1) is 9.97. The van der Waals surface area contributed by atoms with E-state index >= 15 is 0 Å². The van der Waals surface area contributed by atoms with Crippen LogP contribution in [0.4, 0.5) is 5.69 Å². The van der Waals surface area contributed by atoms with Crippen LogP contribution in [0.3, 0.4) is 0 Å². The van der Waals surface area contributed by atoms with E-state index in [4.69, 9.17) is 16.1 Å². The predicted molar refractivity (Wildman–Crippen MR) is 78.4 cm³/mol. The number of halogens is 1.